The highest BCUT2D eigenvalue weighted by molar-refractivity contribution is 5.93. The molecule has 0 aliphatic rings. The molecule has 6 heteroatoms. The fourth-order valence-electron chi connectivity index (χ4n) is 2.65. The fraction of sp³-hybridized carbons (Fsp3) is 0.158. The van der Waals surface area contributed by atoms with Gasteiger partial charge in [0.1, 0.15) is 0 Å². The van der Waals surface area contributed by atoms with Gasteiger partial charge in [-0.3, -0.25) is 9.59 Å². The summed E-state index contributed by atoms with van der Waals surface area (Å²) >= 11 is 0. The Bertz CT molecular complexity index is 1010. The zero-order chi connectivity index (χ0) is 18.0. The molecule has 0 aliphatic carbocycles. The predicted molar refractivity (Wildman–Crippen MR) is 96.5 cm³/mol. The van der Waals surface area contributed by atoms with Crippen LogP contribution in [0, 0.1) is 6.92 Å². The number of methoxy groups -OCH3 is 1. The number of rotatable bonds is 4. The second kappa shape index (κ2) is 6.68. The number of aryl methyl sites for hydroxylation is 1. The van der Waals surface area contributed by atoms with E-state index in [9.17, 15) is 9.59 Å². The standard InChI is InChI=1S/C19H18N2O4/c1-12-9-13-7-8-14(20)10-15(13)21(19(12)23)18(22)11-25-17-6-4-3-5-16(17)24-2/h3-10H,11,20H2,1-2H3. The van der Waals surface area contributed by atoms with Crippen LogP contribution >= 0.6 is 0 Å². The van der Waals surface area contributed by atoms with Crippen molar-refractivity contribution in [2.45, 2.75) is 6.92 Å². The van der Waals surface area contributed by atoms with Crippen LogP contribution in [-0.4, -0.2) is 24.2 Å². The summed E-state index contributed by atoms with van der Waals surface area (Å²) in [7, 11) is 1.52. The number of nitrogen functional groups attached to an aromatic ring is 1. The molecule has 0 fully saturated rings. The third-order valence-electron chi connectivity index (χ3n) is 3.88. The molecule has 2 N–H and O–H groups in total. The van der Waals surface area contributed by atoms with Crippen LogP contribution in [0.4, 0.5) is 5.69 Å². The number of carbonyl (C=O) groups excluding carboxylic acids is 1. The predicted octanol–water partition coefficient (Wildman–Crippen LogP) is 2.62. The van der Waals surface area contributed by atoms with Crippen molar-refractivity contribution in [3.05, 3.63) is 64.4 Å². The third kappa shape index (κ3) is 3.19. The highest BCUT2D eigenvalue weighted by atomic mass is 16.5. The lowest BCUT2D eigenvalue weighted by atomic mass is 10.1. The first-order valence-electron chi connectivity index (χ1n) is 7.72. The van der Waals surface area contributed by atoms with Crippen LogP contribution in [-0.2, 0) is 0 Å². The van der Waals surface area contributed by atoms with Crippen LogP contribution in [0.3, 0.4) is 0 Å². The lowest BCUT2D eigenvalue weighted by Gasteiger charge is -2.13. The Morgan fingerprint density at radius 3 is 2.56 bits per heavy atom. The molecule has 0 bridgehead atoms. The van der Waals surface area contributed by atoms with E-state index < -0.39 is 5.91 Å². The van der Waals surface area contributed by atoms with Gasteiger partial charge in [-0.15, -0.1) is 0 Å². The molecule has 0 radical (unpaired) electrons. The van der Waals surface area contributed by atoms with Gasteiger partial charge >= 0.3 is 0 Å². The molecule has 0 atom stereocenters. The van der Waals surface area contributed by atoms with Crippen LogP contribution in [0.5, 0.6) is 11.5 Å². The molecule has 128 valence electrons. The number of carbonyl (C=O) groups is 1. The lowest BCUT2D eigenvalue weighted by Crippen LogP contribution is -2.32. The maximum Gasteiger partial charge on any atom is 0.271 e. The summed E-state index contributed by atoms with van der Waals surface area (Å²) in [5.41, 5.74) is 6.84. The lowest BCUT2D eigenvalue weighted by molar-refractivity contribution is 0.0836. The number of hydrogen-bond donors (Lipinski definition) is 1. The van der Waals surface area contributed by atoms with E-state index in [1.54, 1.807) is 55.5 Å². The van der Waals surface area contributed by atoms with Crippen LogP contribution in [0.1, 0.15) is 10.4 Å². The molecule has 2 aromatic carbocycles. The third-order valence-corrected chi connectivity index (χ3v) is 3.88. The molecule has 0 amide bonds. The van der Waals surface area contributed by atoms with Gasteiger partial charge in [0.2, 0.25) is 0 Å². The highest BCUT2D eigenvalue weighted by Crippen LogP contribution is 2.25. The molecule has 25 heavy (non-hydrogen) atoms. The molecule has 3 rings (SSSR count). The van der Waals surface area contributed by atoms with Crippen molar-refractivity contribution in [1.82, 2.24) is 4.57 Å². The van der Waals surface area contributed by atoms with Crippen LogP contribution < -0.4 is 20.8 Å². The molecule has 6 nitrogen and oxygen atoms in total. The van der Waals surface area contributed by atoms with Gasteiger partial charge in [0.05, 0.1) is 12.6 Å². The van der Waals surface area contributed by atoms with Crippen molar-refractivity contribution in [1.29, 1.82) is 0 Å². The van der Waals surface area contributed by atoms with Gasteiger partial charge in [-0.25, -0.2) is 4.57 Å². The Kier molecular flexibility index (Phi) is 4.43. The van der Waals surface area contributed by atoms with E-state index in [0.29, 0.717) is 28.3 Å². The van der Waals surface area contributed by atoms with E-state index in [1.165, 1.54) is 7.11 Å². The summed E-state index contributed by atoms with van der Waals surface area (Å²) in [5, 5.41) is 0.761. The molecule has 0 saturated heterocycles. The van der Waals surface area contributed by atoms with Gasteiger partial charge in [0, 0.05) is 11.3 Å². The minimum absolute atomic E-state index is 0.298. The maximum atomic E-state index is 12.7. The summed E-state index contributed by atoms with van der Waals surface area (Å²) < 4.78 is 11.9. The van der Waals surface area contributed by atoms with E-state index in [2.05, 4.69) is 0 Å². The normalized spacial score (nSPS) is 10.6. The Labute approximate surface area is 144 Å². The second-order valence-electron chi connectivity index (χ2n) is 5.62. The number of ether oxygens (including phenoxy) is 2. The van der Waals surface area contributed by atoms with Gasteiger partial charge in [-0.2, -0.15) is 0 Å². The molecular weight excluding hydrogens is 320 g/mol. The van der Waals surface area contributed by atoms with Gasteiger partial charge in [0.15, 0.2) is 18.1 Å². The summed E-state index contributed by atoms with van der Waals surface area (Å²) in [4.78, 5) is 25.2. The zero-order valence-corrected chi connectivity index (χ0v) is 14.0. The molecule has 3 aromatic rings. The maximum absolute atomic E-state index is 12.7. The Morgan fingerprint density at radius 2 is 1.84 bits per heavy atom. The van der Waals surface area contributed by atoms with Crippen molar-refractivity contribution in [3.8, 4) is 11.5 Å². The summed E-state index contributed by atoms with van der Waals surface area (Å²) in [6, 6.07) is 13.9. The summed E-state index contributed by atoms with van der Waals surface area (Å²) in [6.45, 7) is 1.37. The number of hydrogen-bond acceptors (Lipinski definition) is 5. The van der Waals surface area contributed by atoms with Crippen molar-refractivity contribution < 1.29 is 14.3 Å². The van der Waals surface area contributed by atoms with E-state index in [-0.39, 0.29) is 12.2 Å². The fourth-order valence-corrected chi connectivity index (χ4v) is 2.65. The van der Waals surface area contributed by atoms with Crippen molar-refractivity contribution >= 4 is 22.5 Å². The molecule has 0 unspecified atom stereocenters. The smallest absolute Gasteiger partial charge is 0.271 e. The number of pyridine rings is 1. The summed E-state index contributed by atoms with van der Waals surface area (Å²) in [5.74, 6) is 0.471. The zero-order valence-electron chi connectivity index (χ0n) is 14.0. The molecule has 0 saturated carbocycles. The number of aromatic nitrogens is 1. The van der Waals surface area contributed by atoms with Gasteiger partial charge in [-0.1, -0.05) is 18.2 Å². The number of benzene rings is 2. The first kappa shape index (κ1) is 16.6. The first-order valence-corrected chi connectivity index (χ1v) is 7.72. The largest absolute Gasteiger partial charge is 0.493 e. The number of nitrogens with two attached hydrogens (primary N) is 1. The first-order chi connectivity index (χ1) is 12.0. The molecule has 1 aromatic heterocycles. The number of fused-ring (bicyclic) bond motifs is 1. The van der Waals surface area contributed by atoms with E-state index >= 15 is 0 Å². The Hall–Kier alpha value is -3.28. The quantitative estimate of drug-likeness (QED) is 0.739. The van der Waals surface area contributed by atoms with E-state index in [0.717, 1.165) is 9.95 Å². The number of nitrogens with zero attached hydrogens (tertiary/aromatic N) is 1. The van der Waals surface area contributed by atoms with Crippen LogP contribution in [0.2, 0.25) is 0 Å². The Morgan fingerprint density at radius 1 is 1.12 bits per heavy atom. The van der Waals surface area contributed by atoms with Crippen molar-refractivity contribution in [2.24, 2.45) is 0 Å². The van der Waals surface area contributed by atoms with Crippen LogP contribution in [0.15, 0.2) is 53.3 Å². The average Bonchev–Trinajstić information content (AvgIpc) is 2.61. The molecule has 1 heterocycles. The molecular formula is C19H18N2O4. The average molecular weight is 338 g/mol. The minimum Gasteiger partial charge on any atom is -0.493 e. The van der Waals surface area contributed by atoms with Gasteiger partial charge in [0.25, 0.3) is 11.5 Å². The molecule has 0 spiro atoms. The second-order valence-corrected chi connectivity index (χ2v) is 5.62. The van der Waals surface area contributed by atoms with Gasteiger partial charge < -0.3 is 15.2 Å². The summed E-state index contributed by atoms with van der Waals surface area (Å²) in [6.07, 6.45) is 0. The van der Waals surface area contributed by atoms with Crippen molar-refractivity contribution in [2.75, 3.05) is 19.5 Å². The topological polar surface area (TPSA) is 83.5 Å². The SMILES string of the molecule is COc1ccccc1OCC(=O)n1c(=O)c(C)cc2ccc(N)cc21. The highest BCUT2D eigenvalue weighted by Gasteiger charge is 2.15. The number of para-hydroxylation sites is 2. The van der Waals surface area contributed by atoms with Crippen molar-refractivity contribution in [3.63, 3.8) is 0 Å². The van der Waals surface area contributed by atoms with Gasteiger partial charge in [-0.05, 0) is 42.6 Å². The van der Waals surface area contributed by atoms with E-state index in [1.807, 2.05) is 0 Å². The minimum atomic E-state index is -0.477. The molecule has 0 aliphatic heterocycles. The van der Waals surface area contributed by atoms with E-state index in [4.69, 9.17) is 15.2 Å². The monoisotopic (exact) mass is 338 g/mol. The number of anilines is 1. The Balaban J connectivity index is 1.98. The van der Waals surface area contributed by atoms with Crippen LogP contribution in [0.25, 0.3) is 10.9 Å².